The van der Waals surface area contributed by atoms with Gasteiger partial charge in [0.15, 0.2) is 11.6 Å². The molecule has 0 fully saturated rings. The molecule has 2 aromatic rings. The van der Waals surface area contributed by atoms with Gasteiger partial charge in [0.25, 0.3) is 0 Å². The Labute approximate surface area is 126 Å². The van der Waals surface area contributed by atoms with Crippen LogP contribution in [0.1, 0.15) is 12.5 Å². The summed E-state index contributed by atoms with van der Waals surface area (Å²) in [4.78, 5) is 4.16. The third-order valence-electron chi connectivity index (χ3n) is 2.60. The molecule has 0 saturated carbocycles. The average molecular weight is 315 g/mol. The van der Waals surface area contributed by atoms with Gasteiger partial charge in [-0.1, -0.05) is 35.3 Å². The van der Waals surface area contributed by atoms with Gasteiger partial charge < -0.3 is 10.1 Å². The molecule has 106 valence electrons. The molecule has 0 atom stereocenters. The first-order chi connectivity index (χ1) is 9.52. The van der Waals surface area contributed by atoms with Crippen molar-refractivity contribution >= 4 is 29.0 Å². The van der Waals surface area contributed by atoms with Crippen molar-refractivity contribution in [1.82, 2.24) is 4.98 Å². The van der Waals surface area contributed by atoms with Gasteiger partial charge in [0.2, 0.25) is 5.88 Å². The summed E-state index contributed by atoms with van der Waals surface area (Å²) in [7, 11) is 0. The number of aromatic nitrogens is 1. The normalized spacial score (nSPS) is 10.4. The molecule has 3 nitrogen and oxygen atoms in total. The Morgan fingerprint density at radius 1 is 1.30 bits per heavy atom. The fourth-order valence-electron chi connectivity index (χ4n) is 1.62. The largest absolute Gasteiger partial charge is 0.434 e. The Morgan fingerprint density at radius 2 is 2.05 bits per heavy atom. The predicted octanol–water partition coefficient (Wildman–Crippen LogP) is 5.06. The molecule has 0 bridgehead atoms. The highest BCUT2D eigenvalue weighted by Gasteiger charge is 2.13. The van der Waals surface area contributed by atoms with E-state index in [2.05, 4.69) is 10.3 Å². The minimum Gasteiger partial charge on any atom is -0.434 e. The van der Waals surface area contributed by atoms with Crippen LogP contribution in [-0.4, -0.2) is 11.5 Å². The van der Waals surface area contributed by atoms with Crippen molar-refractivity contribution in [3.63, 3.8) is 0 Å². The number of nitrogens with zero attached hydrogens (tertiary/aromatic N) is 1. The van der Waals surface area contributed by atoms with Crippen LogP contribution in [0.3, 0.4) is 0 Å². The SMILES string of the molecule is CCNc1nc(Oc2cccc(C)c2F)c(Cl)cc1Cl. The summed E-state index contributed by atoms with van der Waals surface area (Å²) in [5.74, 6) is 0.188. The van der Waals surface area contributed by atoms with Crippen LogP contribution in [0, 0.1) is 12.7 Å². The van der Waals surface area contributed by atoms with Crippen molar-refractivity contribution in [3.8, 4) is 11.6 Å². The average Bonchev–Trinajstić information content (AvgIpc) is 2.40. The number of hydrogen-bond donors (Lipinski definition) is 1. The lowest BCUT2D eigenvalue weighted by molar-refractivity contribution is 0.426. The maximum absolute atomic E-state index is 13.9. The van der Waals surface area contributed by atoms with E-state index in [-0.39, 0.29) is 16.7 Å². The van der Waals surface area contributed by atoms with Crippen LogP contribution >= 0.6 is 23.2 Å². The van der Waals surface area contributed by atoms with Crippen molar-refractivity contribution in [2.24, 2.45) is 0 Å². The second-order valence-corrected chi connectivity index (χ2v) is 4.94. The van der Waals surface area contributed by atoms with Crippen LogP contribution in [-0.2, 0) is 0 Å². The van der Waals surface area contributed by atoms with E-state index in [0.29, 0.717) is 22.9 Å². The van der Waals surface area contributed by atoms with Crippen molar-refractivity contribution in [3.05, 3.63) is 45.7 Å². The second kappa shape index (κ2) is 6.29. The van der Waals surface area contributed by atoms with E-state index in [1.807, 2.05) is 6.92 Å². The number of anilines is 1. The maximum Gasteiger partial charge on any atom is 0.240 e. The minimum atomic E-state index is -0.440. The maximum atomic E-state index is 13.9. The first kappa shape index (κ1) is 14.9. The summed E-state index contributed by atoms with van der Waals surface area (Å²) in [6, 6.07) is 6.38. The van der Waals surface area contributed by atoms with E-state index in [1.165, 1.54) is 12.1 Å². The molecular formula is C14H13Cl2FN2O. The molecule has 0 aliphatic rings. The molecule has 0 aliphatic carbocycles. The van der Waals surface area contributed by atoms with Gasteiger partial charge >= 0.3 is 0 Å². The topological polar surface area (TPSA) is 34.2 Å². The molecular weight excluding hydrogens is 302 g/mol. The number of benzene rings is 1. The van der Waals surface area contributed by atoms with Crippen molar-refractivity contribution in [2.75, 3.05) is 11.9 Å². The summed E-state index contributed by atoms with van der Waals surface area (Å²) in [5, 5.41) is 3.58. The zero-order valence-electron chi connectivity index (χ0n) is 11.0. The highest BCUT2D eigenvalue weighted by Crippen LogP contribution is 2.34. The van der Waals surface area contributed by atoms with E-state index < -0.39 is 5.82 Å². The highest BCUT2D eigenvalue weighted by atomic mass is 35.5. The third kappa shape index (κ3) is 3.14. The third-order valence-corrected chi connectivity index (χ3v) is 3.16. The molecule has 0 unspecified atom stereocenters. The van der Waals surface area contributed by atoms with Crippen LogP contribution in [0.2, 0.25) is 10.0 Å². The van der Waals surface area contributed by atoms with Crippen molar-refractivity contribution in [2.45, 2.75) is 13.8 Å². The van der Waals surface area contributed by atoms with Crippen molar-refractivity contribution < 1.29 is 9.13 Å². The molecule has 1 heterocycles. The van der Waals surface area contributed by atoms with Gasteiger partial charge in [0, 0.05) is 6.54 Å². The van der Waals surface area contributed by atoms with Gasteiger partial charge in [0.05, 0.1) is 5.02 Å². The molecule has 0 amide bonds. The fraction of sp³-hybridized carbons (Fsp3) is 0.214. The van der Waals surface area contributed by atoms with Crippen LogP contribution in [0.15, 0.2) is 24.3 Å². The molecule has 2 rings (SSSR count). The fourth-order valence-corrected chi connectivity index (χ4v) is 2.08. The van der Waals surface area contributed by atoms with E-state index in [4.69, 9.17) is 27.9 Å². The summed E-state index contributed by atoms with van der Waals surface area (Å²) in [6.07, 6.45) is 0. The lowest BCUT2D eigenvalue weighted by atomic mass is 10.2. The van der Waals surface area contributed by atoms with E-state index >= 15 is 0 Å². The van der Waals surface area contributed by atoms with Crippen molar-refractivity contribution in [1.29, 1.82) is 0 Å². The number of ether oxygens (including phenoxy) is 1. The molecule has 1 aromatic heterocycles. The number of nitrogens with one attached hydrogen (secondary N) is 1. The number of hydrogen-bond acceptors (Lipinski definition) is 3. The Balaban J connectivity index is 2.38. The van der Waals surface area contributed by atoms with Gasteiger partial charge in [-0.05, 0) is 31.5 Å². The Hall–Kier alpha value is -1.52. The van der Waals surface area contributed by atoms with Crippen LogP contribution in [0.5, 0.6) is 11.6 Å². The summed E-state index contributed by atoms with van der Waals surface area (Å²) >= 11 is 12.0. The van der Waals surface area contributed by atoms with Crippen LogP contribution in [0.25, 0.3) is 0 Å². The second-order valence-electron chi connectivity index (χ2n) is 4.13. The quantitative estimate of drug-likeness (QED) is 0.856. The molecule has 0 aliphatic heterocycles. The zero-order valence-corrected chi connectivity index (χ0v) is 12.5. The standard InChI is InChI=1S/C14H13Cl2FN2O/c1-3-18-13-9(15)7-10(16)14(19-13)20-11-6-4-5-8(2)12(11)17/h4-7H,3H2,1-2H3,(H,18,19). The number of halogens is 3. The lowest BCUT2D eigenvalue weighted by Gasteiger charge is -2.11. The highest BCUT2D eigenvalue weighted by molar-refractivity contribution is 6.36. The van der Waals surface area contributed by atoms with E-state index in [9.17, 15) is 4.39 Å². The van der Waals surface area contributed by atoms with Gasteiger partial charge in [-0.2, -0.15) is 4.98 Å². The number of pyridine rings is 1. The first-order valence-electron chi connectivity index (χ1n) is 6.05. The number of aryl methyl sites for hydroxylation is 1. The summed E-state index contributed by atoms with van der Waals surface area (Å²) in [6.45, 7) is 4.21. The molecule has 6 heteroatoms. The minimum absolute atomic E-state index is 0.0733. The van der Waals surface area contributed by atoms with Gasteiger partial charge in [0.1, 0.15) is 10.8 Å². The van der Waals surface area contributed by atoms with Gasteiger partial charge in [-0.25, -0.2) is 4.39 Å². The van der Waals surface area contributed by atoms with Crippen LogP contribution < -0.4 is 10.1 Å². The smallest absolute Gasteiger partial charge is 0.240 e. The van der Waals surface area contributed by atoms with E-state index in [0.717, 1.165) is 0 Å². The molecule has 0 saturated heterocycles. The lowest BCUT2D eigenvalue weighted by Crippen LogP contribution is -2.02. The summed E-state index contributed by atoms with van der Waals surface area (Å²) in [5.41, 5.74) is 0.486. The monoisotopic (exact) mass is 314 g/mol. The first-order valence-corrected chi connectivity index (χ1v) is 6.81. The Kier molecular flexibility index (Phi) is 4.68. The van der Waals surface area contributed by atoms with Gasteiger partial charge in [-0.15, -0.1) is 0 Å². The molecule has 0 radical (unpaired) electrons. The molecule has 1 N–H and O–H groups in total. The number of rotatable bonds is 4. The van der Waals surface area contributed by atoms with Crippen LogP contribution in [0.4, 0.5) is 10.2 Å². The Bertz CT molecular complexity index is 635. The molecule has 1 aromatic carbocycles. The summed E-state index contributed by atoms with van der Waals surface area (Å²) < 4.78 is 19.4. The zero-order chi connectivity index (χ0) is 14.7. The Morgan fingerprint density at radius 3 is 2.75 bits per heavy atom. The van der Waals surface area contributed by atoms with E-state index in [1.54, 1.807) is 19.1 Å². The predicted molar refractivity (Wildman–Crippen MR) is 79.6 cm³/mol. The molecule has 0 spiro atoms. The van der Waals surface area contributed by atoms with Gasteiger partial charge in [-0.3, -0.25) is 0 Å². The molecule has 20 heavy (non-hydrogen) atoms.